The largest absolute Gasteiger partial charge is 0.454 e. The Morgan fingerprint density at radius 1 is 1.23 bits per heavy atom. The van der Waals surface area contributed by atoms with Gasteiger partial charge in [0.05, 0.1) is 5.69 Å². The van der Waals surface area contributed by atoms with E-state index in [4.69, 9.17) is 25.8 Å². The van der Waals surface area contributed by atoms with E-state index in [1.54, 1.807) is 0 Å². The van der Waals surface area contributed by atoms with E-state index in [1.807, 2.05) is 0 Å². The van der Waals surface area contributed by atoms with Gasteiger partial charge >= 0.3 is 5.97 Å². The molecule has 1 aromatic carbocycles. The molecule has 2 aromatic rings. The first-order chi connectivity index (χ1) is 12.4. The third kappa shape index (κ3) is 3.92. The molecule has 2 heterocycles. The highest BCUT2D eigenvalue weighted by atomic mass is 35.5. The highest BCUT2D eigenvalue weighted by Crippen LogP contribution is 2.37. The van der Waals surface area contributed by atoms with Crippen LogP contribution in [0.3, 0.4) is 0 Å². The number of carbonyl (C=O) groups is 3. The molecule has 3 rings (SSSR count). The van der Waals surface area contributed by atoms with Crippen molar-refractivity contribution in [1.29, 1.82) is 0 Å². The Kier molecular flexibility index (Phi) is 5.04. The van der Waals surface area contributed by atoms with Crippen LogP contribution in [0.15, 0.2) is 30.5 Å². The van der Waals surface area contributed by atoms with Gasteiger partial charge in [-0.2, -0.15) is 0 Å². The molecule has 26 heavy (non-hydrogen) atoms. The van der Waals surface area contributed by atoms with Gasteiger partial charge in [-0.05, 0) is 25.1 Å². The number of anilines is 1. The number of benzene rings is 1. The number of rotatable bonds is 5. The van der Waals surface area contributed by atoms with E-state index in [0.29, 0.717) is 16.5 Å². The van der Waals surface area contributed by atoms with Crippen molar-refractivity contribution < 1.29 is 28.6 Å². The van der Waals surface area contributed by atoms with Crippen LogP contribution in [0.1, 0.15) is 27.8 Å². The predicted molar refractivity (Wildman–Crippen MR) is 90.7 cm³/mol. The summed E-state index contributed by atoms with van der Waals surface area (Å²) in [5, 5.41) is 2.84. The quantitative estimate of drug-likeness (QED) is 0.631. The summed E-state index contributed by atoms with van der Waals surface area (Å²) in [6.45, 7) is 0.838. The number of ketones is 1. The Morgan fingerprint density at radius 3 is 2.65 bits per heavy atom. The first-order valence-corrected chi connectivity index (χ1v) is 7.85. The molecule has 0 aliphatic carbocycles. The summed E-state index contributed by atoms with van der Waals surface area (Å²) in [7, 11) is 0. The number of esters is 1. The standard InChI is InChI=1S/C17H13ClN2O6/c1-9(21)11-5-14-15(26-8-25-14)6-12(11)20-16(22)7-24-17(23)13-4-10(18)2-3-19-13/h2-6H,7-8H2,1H3,(H,20,22). The molecular weight excluding hydrogens is 364 g/mol. The van der Waals surface area contributed by atoms with Crippen molar-refractivity contribution >= 4 is 34.9 Å². The summed E-state index contributed by atoms with van der Waals surface area (Å²) in [6, 6.07) is 5.81. The number of aromatic nitrogens is 1. The molecule has 1 amide bonds. The van der Waals surface area contributed by atoms with Gasteiger partial charge in [0, 0.05) is 22.8 Å². The number of fused-ring (bicyclic) bond motifs is 1. The van der Waals surface area contributed by atoms with Crippen LogP contribution < -0.4 is 14.8 Å². The van der Waals surface area contributed by atoms with E-state index in [1.165, 1.54) is 37.4 Å². The van der Waals surface area contributed by atoms with Crippen LogP contribution in [-0.2, 0) is 9.53 Å². The van der Waals surface area contributed by atoms with Gasteiger partial charge in [0.1, 0.15) is 5.69 Å². The van der Waals surface area contributed by atoms with Crippen molar-refractivity contribution in [1.82, 2.24) is 4.98 Å². The lowest BCUT2D eigenvalue weighted by molar-refractivity contribution is -0.119. The highest BCUT2D eigenvalue weighted by Gasteiger charge is 2.21. The van der Waals surface area contributed by atoms with Gasteiger partial charge in [-0.3, -0.25) is 9.59 Å². The molecule has 0 fully saturated rings. The topological polar surface area (TPSA) is 104 Å². The number of Topliss-reactive ketones (excluding diaryl/α,β-unsaturated/α-hetero) is 1. The zero-order chi connectivity index (χ0) is 18.7. The minimum absolute atomic E-state index is 0.0159. The minimum atomic E-state index is -0.792. The monoisotopic (exact) mass is 376 g/mol. The van der Waals surface area contributed by atoms with Crippen LogP contribution >= 0.6 is 11.6 Å². The Bertz CT molecular complexity index is 899. The van der Waals surface area contributed by atoms with Crippen LogP contribution in [0, 0.1) is 0 Å². The molecular formula is C17H13ClN2O6. The fourth-order valence-electron chi connectivity index (χ4n) is 2.24. The van der Waals surface area contributed by atoms with Crippen LogP contribution in [-0.4, -0.2) is 36.0 Å². The third-order valence-electron chi connectivity index (χ3n) is 3.43. The average Bonchev–Trinajstić information content (AvgIpc) is 3.06. The van der Waals surface area contributed by atoms with E-state index in [2.05, 4.69) is 10.3 Å². The molecule has 0 saturated heterocycles. The number of nitrogens with zero attached hydrogens (tertiary/aromatic N) is 1. The number of nitrogens with one attached hydrogen (secondary N) is 1. The zero-order valence-corrected chi connectivity index (χ0v) is 14.3. The number of ether oxygens (including phenoxy) is 3. The summed E-state index contributed by atoms with van der Waals surface area (Å²) in [5.74, 6) is -0.849. The molecule has 1 aliphatic heterocycles. The fourth-order valence-corrected chi connectivity index (χ4v) is 2.40. The lowest BCUT2D eigenvalue weighted by atomic mass is 10.1. The molecule has 0 unspecified atom stereocenters. The van der Waals surface area contributed by atoms with Gasteiger partial charge in [0.2, 0.25) is 6.79 Å². The molecule has 0 radical (unpaired) electrons. The molecule has 0 saturated carbocycles. The number of hydrogen-bond donors (Lipinski definition) is 1. The van der Waals surface area contributed by atoms with Gasteiger partial charge in [-0.25, -0.2) is 9.78 Å². The molecule has 134 valence electrons. The lowest BCUT2D eigenvalue weighted by Gasteiger charge is -2.11. The van der Waals surface area contributed by atoms with E-state index in [-0.39, 0.29) is 29.5 Å². The van der Waals surface area contributed by atoms with E-state index in [0.717, 1.165) is 0 Å². The Balaban J connectivity index is 1.67. The SMILES string of the molecule is CC(=O)c1cc2c(cc1NC(=O)COC(=O)c1cc(Cl)ccn1)OCO2. The maximum Gasteiger partial charge on any atom is 0.357 e. The van der Waals surface area contributed by atoms with Crippen molar-refractivity contribution in [2.75, 3.05) is 18.7 Å². The molecule has 9 heteroatoms. The zero-order valence-electron chi connectivity index (χ0n) is 13.6. The summed E-state index contributed by atoms with van der Waals surface area (Å²) < 4.78 is 15.3. The number of amides is 1. The smallest absolute Gasteiger partial charge is 0.357 e. The molecule has 1 N–H and O–H groups in total. The number of carbonyl (C=O) groups excluding carboxylic acids is 3. The third-order valence-corrected chi connectivity index (χ3v) is 3.67. The highest BCUT2D eigenvalue weighted by molar-refractivity contribution is 6.30. The van der Waals surface area contributed by atoms with Crippen molar-refractivity contribution in [3.63, 3.8) is 0 Å². The summed E-state index contributed by atoms with van der Waals surface area (Å²) in [5.41, 5.74) is 0.479. The van der Waals surface area contributed by atoms with Crippen LogP contribution in [0.2, 0.25) is 5.02 Å². The van der Waals surface area contributed by atoms with Gasteiger partial charge in [0.25, 0.3) is 5.91 Å². The van der Waals surface area contributed by atoms with E-state index >= 15 is 0 Å². The Labute approximate surface area is 153 Å². The van der Waals surface area contributed by atoms with Crippen LogP contribution in [0.25, 0.3) is 0 Å². The second-order valence-corrected chi connectivity index (χ2v) is 5.73. The minimum Gasteiger partial charge on any atom is -0.454 e. The molecule has 0 atom stereocenters. The molecule has 0 bridgehead atoms. The molecule has 1 aliphatic rings. The number of pyridine rings is 1. The van der Waals surface area contributed by atoms with Gasteiger partial charge in [-0.15, -0.1) is 0 Å². The maximum atomic E-state index is 12.1. The molecule has 0 spiro atoms. The van der Waals surface area contributed by atoms with Gasteiger partial charge < -0.3 is 19.5 Å². The maximum absolute atomic E-state index is 12.1. The summed E-state index contributed by atoms with van der Waals surface area (Å²) >= 11 is 5.77. The van der Waals surface area contributed by atoms with Crippen molar-refractivity contribution in [2.45, 2.75) is 6.92 Å². The fraction of sp³-hybridized carbons (Fsp3) is 0.176. The average molecular weight is 377 g/mol. The Morgan fingerprint density at radius 2 is 1.96 bits per heavy atom. The van der Waals surface area contributed by atoms with Crippen molar-refractivity contribution in [3.05, 3.63) is 46.7 Å². The van der Waals surface area contributed by atoms with Crippen LogP contribution in [0.5, 0.6) is 11.5 Å². The second kappa shape index (κ2) is 7.40. The molecule has 1 aromatic heterocycles. The first kappa shape index (κ1) is 17.7. The van der Waals surface area contributed by atoms with Gasteiger partial charge in [-0.1, -0.05) is 11.6 Å². The van der Waals surface area contributed by atoms with Crippen molar-refractivity contribution in [3.8, 4) is 11.5 Å². The van der Waals surface area contributed by atoms with Crippen molar-refractivity contribution in [2.24, 2.45) is 0 Å². The van der Waals surface area contributed by atoms with Gasteiger partial charge in [0.15, 0.2) is 23.9 Å². The normalized spacial score (nSPS) is 11.8. The van der Waals surface area contributed by atoms with Crippen LogP contribution in [0.4, 0.5) is 5.69 Å². The summed E-state index contributed by atoms with van der Waals surface area (Å²) in [4.78, 5) is 39.5. The van der Waals surface area contributed by atoms with E-state index < -0.39 is 18.5 Å². The lowest BCUT2D eigenvalue weighted by Crippen LogP contribution is -2.22. The summed E-state index contributed by atoms with van der Waals surface area (Å²) in [6.07, 6.45) is 1.35. The number of hydrogen-bond acceptors (Lipinski definition) is 7. The predicted octanol–water partition coefficient (Wildman–Crippen LogP) is 2.46. The second-order valence-electron chi connectivity index (χ2n) is 5.29. The Hall–Kier alpha value is -3.13. The first-order valence-electron chi connectivity index (χ1n) is 7.47. The number of halogens is 1. The van der Waals surface area contributed by atoms with E-state index in [9.17, 15) is 14.4 Å². The molecule has 8 nitrogen and oxygen atoms in total.